The van der Waals surface area contributed by atoms with Crippen LogP contribution in [0, 0.1) is 0 Å². The molecule has 0 N–H and O–H groups in total. The fourth-order valence-corrected chi connectivity index (χ4v) is 1.45. The molecule has 2 aromatic carbocycles. The third kappa shape index (κ3) is 7.08. The summed E-state index contributed by atoms with van der Waals surface area (Å²) in [6.07, 6.45) is 0. The molecule has 0 aromatic heterocycles. The summed E-state index contributed by atoms with van der Waals surface area (Å²) < 4.78 is 0. The van der Waals surface area contributed by atoms with E-state index in [1.807, 2.05) is 12.1 Å². The zero-order valence-electron chi connectivity index (χ0n) is 9.85. The zero-order chi connectivity index (χ0) is 9.80. The van der Waals surface area contributed by atoms with Crippen molar-refractivity contribution in [2.75, 3.05) is 11.9 Å². The van der Waals surface area contributed by atoms with Gasteiger partial charge in [0, 0.05) is 18.4 Å². The van der Waals surface area contributed by atoms with E-state index in [9.17, 15) is 0 Å². The molecule has 102 valence electrons. The Bertz CT molecular complexity index is 355. The van der Waals surface area contributed by atoms with Crippen LogP contribution in [0.15, 0.2) is 60.7 Å². The smallest absolute Gasteiger partial charge is 0.0408 e. The molecule has 0 aliphatic carbocycles. The van der Waals surface area contributed by atoms with E-state index in [0.29, 0.717) is 0 Å². The molecule has 0 unspecified atom stereocenters. The highest BCUT2D eigenvalue weighted by Gasteiger charge is 2.00. The number of para-hydroxylation sites is 2. The monoisotopic (exact) mass is 695 g/mol. The first-order chi connectivity index (χ1) is 6.88. The lowest BCUT2D eigenvalue weighted by atomic mass is 10.2. The molecule has 5 heteroatoms. The third-order valence-electron chi connectivity index (χ3n) is 2.29. The largest absolute Gasteiger partial charge is 0.345 e. The van der Waals surface area contributed by atoms with Gasteiger partial charge in [-0.2, -0.15) is 0 Å². The molecule has 2 rings (SSSR count). The molecule has 0 aliphatic heterocycles. The molecule has 18 heavy (non-hydrogen) atoms. The first kappa shape index (κ1) is 24.2. The maximum absolute atomic E-state index is 2.17. The van der Waals surface area contributed by atoms with Crippen LogP contribution in [-0.4, -0.2) is 7.05 Å². The summed E-state index contributed by atoms with van der Waals surface area (Å²) in [7, 11) is 2.07. The van der Waals surface area contributed by atoms with Crippen molar-refractivity contribution >= 4 is 107 Å². The minimum absolute atomic E-state index is 0. The van der Waals surface area contributed by atoms with Crippen molar-refractivity contribution in [1.29, 1.82) is 0 Å². The van der Waals surface area contributed by atoms with Crippen LogP contribution >= 0.6 is 95.9 Å². The predicted molar refractivity (Wildman–Crippen MR) is 123 cm³/mol. The quantitative estimate of drug-likeness (QED) is 0.353. The van der Waals surface area contributed by atoms with E-state index >= 15 is 0 Å². The number of rotatable bonds is 2. The van der Waals surface area contributed by atoms with Gasteiger partial charge in [-0.15, -0.1) is 95.9 Å². The lowest BCUT2D eigenvalue weighted by Crippen LogP contribution is -2.08. The lowest BCUT2D eigenvalue weighted by Gasteiger charge is -2.18. The topological polar surface area (TPSA) is 3.24 Å². The molecule has 0 saturated heterocycles. The van der Waals surface area contributed by atoms with Gasteiger partial charge in [0.25, 0.3) is 0 Å². The average molecular weight is 695 g/mol. The van der Waals surface area contributed by atoms with Crippen molar-refractivity contribution < 1.29 is 0 Å². The number of benzene rings is 2. The fraction of sp³-hybridized carbons (Fsp3) is 0.0769. The SMILES string of the molecule is CN(c1ccccc1)c1ccccc1.I.I.I.I. The summed E-state index contributed by atoms with van der Waals surface area (Å²) in [5, 5.41) is 0. The van der Waals surface area contributed by atoms with Crippen LogP contribution in [0.25, 0.3) is 0 Å². The minimum atomic E-state index is 0. The van der Waals surface area contributed by atoms with Crippen LogP contribution < -0.4 is 4.90 Å². The molecular weight excluding hydrogens is 678 g/mol. The first-order valence-corrected chi connectivity index (χ1v) is 4.72. The molecule has 0 saturated carbocycles. The van der Waals surface area contributed by atoms with Crippen LogP contribution in [0.4, 0.5) is 11.4 Å². The standard InChI is InChI=1S/C13H13N.4HI/c1-14(12-8-4-2-5-9-12)13-10-6-3-7-11-13;;;;/h2-11H,1H3;4*1H. The normalized spacial score (nSPS) is 7.61. The molecule has 0 fully saturated rings. The van der Waals surface area contributed by atoms with Crippen LogP contribution in [0.3, 0.4) is 0 Å². The Morgan fingerprint density at radius 1 is 0.556 bits per heavy atom. The van der Waals surface area contributed by atoms with Crippen molar-refractivity contribution in [2.24, 2.45) is 0 Å². The van der Waals surface area contributed by atoms with Crippen molar-refractivity contribution in [3.8, 4) is 0 Å². The van der Waals surface area contributed by atoms with E-state index in [1.54, 1.807) is 0 Å². The highest BCUT2D eigenvalue weighted by Crippen LogP contribution is 2.21. The first-order valence-electron chi connectivity index (χ1n) is 4.72. The van der Waals surface area contributed by atoms with Gasteiger partial charge in [-0.25, -0.2) is 0 Å². The number of halogens is 4. The Balaban J connectivity index is -0.000000562. The van der Waals surface area contributed by atoms with Gasteiger partial charge in [-0.05, 0) is 24.3 Å². The molecule has 2 aromatic rings. The summed E-state index contributed by atoms with van der Waals surface area (Å²) in [5.74, 6) is 0. The Morgan fingerprint density at radius 3 is 1.11 bits per heavy atom. The summed E-state index contributed by atoms with van der Waals surface area (Å²) in [4.78, 5) is 2.17. The van der Waals surface area contributed by atoms with E-state index in [4.69, 9.17) is 0 Å². The average Bonchev–Trinajstić information content (AvgIpc) is 2.30. The van der Waals surface area contributed by atoms with Gasteiger partial charge in [0.05, 0.1) is 0 Å². The van der Waals surface area contributed by atoms with E-state index < -0.39 is 0 Å². The fourth-order valence-electron chi connectivity index (χ4n) is 1.45. The number of anilines is 2. The molecule has 1 nitrogen and oxygen atoms in total. The van der Waals surface area contributed by atoms with Crippen molar-refractivity contribution in [3.63, 3.8) is 0 Å². The maximum atomic E-state index is 2.17. The Morgan fingerprint density at radius 2 is 0.833 bits per heavy atom. The Hall–Kier alpha value is 1.16. The summed E-state index contributed by atoms with van der Waals surface area (Å²) in [6.45, 7) is 0. The van der Waals surface area contributed by atoms with E-state index in [-0.39, 0.29) is 95.9 Å². The number of hydrogen-bond donors (Lipinski definition) is 0. The highest BCUT2D eigenvalue weighted by atomic mass is 127. The zero-order valence-corrected chi connectivity index (χ0v) is 19.2. The molecule has 0 amide bonds. The lowest BCUT2D eigenvalue weighted by molar-refractivity contribution is 1.21. The maximum Gasteiger partial charge on any atom is 0.0408 e. The molecule has 0 heterocycles. The van der Waals surface area contributed by atoms with Crippen molar-refractivity contribution in [3.05, 3.63) is 60.7 Å². The Labute approximate surface area is 177 Å². The van der Waals surface area contributed by atoms with Gasteiger partial charge in [0.1, 0.15) is 0 Å². The van der Waals surface area contributed by atoms with E-state index in [1.165, 1.54) is 11.4 Å². The van der Waals surface area contributed by atoms with Gasteiger partial charge in [0.15, 0.2) is 0 Å². The van der Waals surface area contributed by atoms with Gasteiger partial charge >= 0.3 is 0 Å². The molecular formula is C13H17I4N. The molecule has 0 radical (unpaired) electrons. The van der Waals surface area contributed by atoms with Gasteiger partial charge in [0.2, 0.25) is 0 Å². The van der Waals surface area contributed by atoms with E-state index in [0.717, 1.165) is 0 Å². The number of hydrogen-bond acceptors (Lipinski definition) is 1. The minimum Gasteiger partial charge on any atom is -0.345 e. The second-order valence-electron chi connectivity index (χ2n) is 3.23. The van der Waals surface area contributed by atoms with Gasteiger partial charge in [-0.3, -0.25) is 0 Å². The summed E-state index contributed by atoms with van der Waals surface area (Å²) in [5.41, 5.74) is 2.41. The van der Waals surface area contributed by atoms with Crippen LogP contribution in [-0.2, 0) is 0 Å². The molecule has 0 atom stereocenters. The van der Waals surface area contributed by atoms with Crippen LogP contribution in [0.5, 0.6) is 0 Å². The summed E-state index contributed by atoms with van der Waals surface area (Å²) in [6, 6.07) is 20.7. The molecule has 0 bridgehead atoms. The second-order valence-corrected chi connectivity index (χ2v) is 3.23. The molecule has 0 spiro atoms. The van der Waals surface area contributed by atoms with Crippen LogP contribution in [0.1, 0.15) is 0 Å². The van der Waals surface area contributed by atoms with Crippen LogP contribution in [0.2, 0.25) is 0 Å². The predicted octanol–water partition coefficient (Wildman–Crippen LogP) is 5.93. The Kier molecular flexibility index (Phi) is 17.7. The highest BCUT2D eigenvalue weighted by molar-refractivity contribution is 14.0. The van der Waals surface area contributed by atoms with Crippen molar-refractivity contribution in [2.45, 2.75) is 0 Å². The van der Waals surface area contributed by atoms with E-state index in [2.05, 4.69) is 60.5 Å². The van der Waals surface area contributed by atoms with Gasteiger partial charge < -0.3 is 4.90 Å². The van der Waals surface area contributed by atoms with Crippen molar-refractivity contribution in [1.82, 2.24) is 0 Å². The third-order valence-corrected chi connectivity index (χ3v) is 2.29. The number of nitrogens with zero attached hydrogens (tertiary/aromatic N) is 1. The molecule has 0 aliphatic rings. The summed E-state index contributed by atoms with van der Waals surface area (Å²) >= 11 is 0. The second kappa shape index (κ2) is 13.2. The van der Waals surface area contributed by atoms with Gasteiger partial charge in [-0.1, -0.05) is 36.4 Å².